The molecule has 3 N–H and O–H groups in total. The Morgan fingerprint density at radius 1 is 1.08 bits per heavy atom. The molecule has 2 aromatic carbocycles. The van der Waals surface area contributed by atoms with E-state index in [-0.39, 0.29) is 17.5 Å². The average molecular weight is 324 g/mol. The van der Waals surface area contributed by atoms with Crippen molar-refractivity contribution in [1.29, 1.82) is 0 Å². The maximum absolute atomic E-state index is 13.0. The van der Waals surface area contributed by atoms with Crippen molar-refractivity contribution in [2.75, 3.05) is 11.1 Å². The molecule has 1 aromatic heterocycles. The number of carbonyl (C=O) groups is 1. The standard InChI is InChI=1S/C19H17FN2O2/c1-11-9-12(2)18(15(21)10-11)22-19(23)17-8-7-16(24-17)13-3-5-14(20)6-4-13/h3-10H,21H2,1-2H3,(H,22,23). The van der Waals surface area contributed by atoms with Gasteiger partial charge in [0.2, 0.25) is 0 Å². The number of benzene rings is 2. The summed E-state index contributed by atoms with van der Waals surface area (Å²) >= 11 is 0. The Balaban J connectivity index is 1.83. The van der Waals surface area contributed by atoms with Crippen LogP contribution in [0, 0.1) is 19.7 Å². The van der Waals surface area contributed by atoms with Crippen molar-refractivity contribution in [2.24, 2.45) is 0 Å². The van der Waals surface area contributed by atoms with E-state index in [0.29, 0.717) is 22.7 Å². The number of amides is 1. The summed E-state index contributed by atoms with van der Waals surface area (Å²) in [5, 5.41) is 2.78. The van der Waals surface area contributed by atoms with Gasteiger partial charge in [0.25, 0.3) is 5.91 Å². The van der Waals surface area contributed by atoms with Gasteiger partial charge in [-0.1, -0.05) is 6.07 Å². The van der Waals surface area contributed by atoms with Crippen LogP contribution in [0.25, 0.3) is 11.3 Å². The number of hydrogen-bond donors (Lipinski definition) is 2. The Morgan fingerprint density at radius 3 is 2.46 bits per heavy atom. The first kappa shape index (κ1) is 15.8. The van der Waals surface area contributed by atoms with Crippen LogP contribution in [0.5, 0.6) is 0 Å². The van der Waals surface area contributed by atoms with Gasteiger partial charge < -0.3 is 15.5 Å². The molecule has 0 atom stereocenters. The molecule has 5 heteroatoms. The van der Waals surface area contributed by atoms with Crippen LogP contribution < -0.4 is 11.1 Å². The Bertz CT molecular complexity index is 875. The third-order valence-corrected chi connectivity index (χ3v) is 3.71. The first-order valence-electron chi connectivity index (χ1n) is 7.48. The highest BCUT2D eigenvalue weighted by atomic mass is 19.1. The maximum atomic E-state index is 13.0. The van der Waals surface area contributed by atoms with E-state index < -0.39 is 0 Å². The summed E-state index contributed by atoms with van der Waals surface area (Å²) in [5.74, 6) is -0.0574. The molecule has 1 amide bonds. The van der Waals surface area contributed by atoms with E-state index in [9.17, 15) is 9.18 Å². The minimum Gasteiger partial charge on any atom is -0.451 e. The number of nitrogens with one attached hydrogen (secondary N) is 1. The molecule has 0 saturated carbocycles. The third-order valence-electron chi connectivity index (χ3n) is 3.71. The molecule has 1 heterocycles. The van der Waals surface area contributed by atoms with Gasteiger partial charge in [-0.05, 0) is 67.4 Å². The number of hydrogen-bond acceptors (Lipinski definition) is 3. The lowest BCUT2D eigenvalue weighted by Gasteiger charge is -2.11. The molecule has 0 bridgehead atoms. The predicted molar refractivity (Wildman–Crippen MR) is 92.4 cm³/mol. The molecule has 122 valence electrons. The molecule has 0 radical (unpaired) electrons. The van der Waals surface area contributed by atoms with Crippen LogP contribution in [0.1, 0.15) is 21.7 Å². The molecular formula is C19H17FN2O2. The van der Waals surface area contributed by atoms with Crippen molar-refractivity contribution in [2.45, 2.75) is 13.8 Å². The molecule has 0 saturated heterocycles. The highest BCUT2D eigenvalue weighted by Gasteiger charge is 2.15. The smallest absolute Gasteiger partial charge is 0.291 e. The number of rotatable bonds is 3. The monoisotopic (exact) mass is 324 g/mol. The van der Waals surface area contributed by atoms with Crippen LogP contribution in [0.4, 0.5) is 15.8 Å². The first-order valence-corrected chi connectivity index (χ1v) is 7.48. The summed E-state index contributed by atoms with van der Waals surface area (Å²) in [5.41, 5.74) is 9.66. The second-order valence-electron chi connectivity index (χ2n) is 5.67. The molecule has 0 fully saturated rings. The topological polar surface area (TPSA) is 68.3 Å². The van der Waals surface area contributed by atoms with Crippen molar-refractivity contribution < 1.29 is 13.6 Å². The molecule has 4 nitrogen and oxygen atoms in total. The zero-order valence-electron chi connectivity index (χ0n) is 13.4. The summed E-state index contributed by atoms with van der Waals surface area (Å²) in [6.45, 7) is 3.82. The lowest BCUT2D eigenvalue weighted by Crippen LogP contribution is -2.13. The van der Waals surface area contributed by atoms with Crippen molar-refractivity contribution in [3.63, 3.8) is 0 Å². The van der Waals surface area contributed by atoms with Crippen LogP contribution in [-0.2, 0) is 0 Å². The minimum absolute atomic E-state index is 0.161. The van der Waals surface area contributed by atoms with E-state index in [2.05, 4.69) is 5.32 Å². The molecule has 24 heavy (non-hydrogen) atoms. The predicted octanol–water partition coefficient (Wildman–Crippen LogP) is 4.54. The molecular weight excluding hydrogens is 307 g/mol. The Labute approximate surface area is 139 Å². The number of nitrogen functional groups attached to an aromatic ring is 1. The number of nitrogens with two attached hydrogens (primary N) is 1. The van der Waals surface area contributed by atoms with Crippen molar-refractivity contribution in [3.05, 3.63) is 71.2 Å². The highest BCUT2D eigenvalue weighted by Crippen LogP contribution is 2.27. The van der Waals surface area contributed by atoms with Crippen molar-refractivity contribution in [3.8, 4) is 11.3 Å². The fraction of sp³-hybridized carbons (Fsp3) is 0.105. The van der Waals surface area contributed by atoms with E-state index in [1.54, 1.807) is 30.3 Å². The van der Waals surface area contributed by atoms with E-state index in [1.165, 1.54) is 12.1 Å². The van der Waals surface area contributed by atoms with Gasteiger partial charge >= 0.3 is 0 Å². The van der Waals surface area contributed by atoms with E-state index in [4.69, 9.17) is 10.2 Å². The molecule has 0 aliphatic carbocycles. The van der Waals surface area contributed by atoms with Crippen LogP contribution in [0.15, 0.2) is 52.9 Å². The SMILES string of the molecule is Cc1cc(C)c(NC(=O)c2ccc(-c3ccc(F)cc3)o2)c(N)c1. The van der Waals surface area contributed by atoms with Crippen molar-refractivity contribution >= 4 is 17.3 Å². The molecule has 3 aromatic rings. The number of aryl methyl sites for hydroxylation is 2. The number of carbonyl (C=O) groups excluding carboxylic acids is 1. The number of anilines is 2. The second kappa shape index (κ2) is 6.20. The van der Waals surface area contributed by atoms with Gasteiger partial charge in [0.1, 0.15) is 11.6 Å². The average Bonchev–Trinajstić information content (AvgIpc) is 3.01. The van der Waals surface area contributed by atoms with Gasteiger partial charge in [0.15, 0.2) is 5.76 Å². The largest absolute Gasteiger partial charge is 0.451 e. The molecule has 0 aliphatic rings. The third kappa shape index (κ3) is 3.15. The fourth-order valence-corrected chi connectivity index (χ4v) is 2.58. The van der Waals surface area contributed by atoms with Crippen molar-refractivity contribution in [1.82, 2.24) is 0 Å². The quantitative estimate of drug-likeness (QED) is 0.695. The Kier molecular flexibility index (Phi) is 4.08. The molecule has 0 spiro atoms. The zero-order valence-corrected chi connectivity index (χ0v) is 13.4. The van der Waals surface area contributed by atoms with Crippen LogP contribution in [0.3, 0.4) is 0 Å². The highest BCUT2D eigenvalue weighted by molar-refractivity contribution is 6.04. The number of furan rings is 1. The fourth-order valence-electron chi connectivity index (χ4n) is 2.58. The van der Waals surface area contributed by atoms with Gasteiger partial charge in [-0.2, -0.15) is 0 Å². The first-order chi connectivity index (χ1) is 11.4. The van der Waals surface area contributed by atoms with Gasteiger partial charge in [0.05, 0.1) is 11.4 Å². The van der Waals surface area contributed by atoms with Gasteiger partial charge in [-0.15, -0.1) is 0 Å². The minimum atomic E-state index is -0.387. The lowest BCUT2D eigenvalue weighted by atomic mass is 10.1. The summed E-state index contributed by atoms with van der Waals surface area (Å²) in [4.78, 5) is 12.4. The molecule has 0 aliphatic heterocycles. The second-order valence-corrected chi connectivity index (χ2v) is 5.67. The summed E-state index contributed by atoms with van der Waals surface area (Å²) in [6, 6.07) is 12.9. The van der Waals surface area contributed by atoms with E-state index >= 15 is 0 Å². The molecule has 0 unspecified atom stereocenters. The Hall–Kier alpha value is -3.08. The maximum Gasteiger partial charge on any atom is 0.291 e. The number of halogens is 1. The normalized spacial score (nSPS) is 10.6. The van der Waals surface area contributed by atoms with E-state index in [0.717, 1.165) is 11.1 Å². The van der Waals surface area contributed by atoms with Gasteiger partial charge in [0, 0.05) is 5.56 Å². The summed E-state index contributed by atoms with van der Waals surface area (Å²) < 4.78 is 18.5. The summed E-state index contributed by atoms with van der Waals surface area (Å²) in [6.07, 6.45) is 0. The van der Waals surface area contributed by atoms with Gasteiger partial charge in [-0.3, -0.25) is 4.79 Å². The summed E-state index contributed by atoms with van der Waals surface area (Å²) in [7, 11) is 0. The van der Waals surface area contributed by atoms with E-state index in [1.807, 2.05) is 19.9 Å². The van der Waals surface area contributed by atoms with Crippen LogP contribution in [-0.4, -0.2) is 5.91 Å². The lowest BCUT2D eigenvalue weighted by molar-refractivity contribution is 0.0997. The Morgan fingerprint density at radius 2 is 1.79 bits per heavy atom. The van der Waals surface area contributed by atoms with Gasteiger partial charge in [-0.25, -0.2) is 4.39 Å². The zero-order chi connectivity index (χ0) is 17.3. The van der Waals surface area contributed by atoms with Crippen LogP contribution in [0.2, 0.25) is 0 Å². The van der Waals surface area contributed by atoms with Crippen LogP contribution >= 0.6 is 0 Å². The molecule has 3 rings (SSSR count).